The van der Waals surface area contributed by atoms with Gasteiger partial charge in [-0.15, -0.1) is 0 Å². The molecule has 1 aromatic heterocycles. The number of fused-ring (bicyclic) bond motifs is 1. The third-order valence-corrected chi connectivity index (χ3v) is 6.25. The Morgan fingerprint density at radius 2 is 1.72 bits per heavy atom. The van der Waals surface area contributed by atoms with Gasteiger partial charge in [-0.1, -0.05) is 30.7 Å². The first-order valence-electron chi connectivity index (χ1n) is 10.5. The number of carbonyl (C=O) groups excluding carboxylic acids is 1. The zero-order valence-corrected chi connectivity index (χ0v) is 16.5. The minimum atomic E-state index is -0.0474. The number of aromatic nitrogens is 2. The molecule has 3 aromatic rings. The molecule has 5 rings (SSSR count). The number of amides is 1. The van der Waals surface area contributed by atoms with Gasteiger partial charge >= 0.3 is 0 Å². The van der Waals surface area contributed by atoms with E-state index in [1.807, 2.05) is 41.2 Å². The molecule has 0 bridgehead atoms. The van der Waals surface area contributed by atoms with Crippen molar-refractivity contribution in [2.24, 2.45) is 0 Å². The molecule has 1 aliphatic heterocycles. The summed E-state index contributed by atoms with van der Waals surface area (Å²) in [4.78, 5) is 15.6. The molecule has 1 unspecified atom stereocenters. The highest BCUT2D eigenvalue weighted by Gasteiger charge is 2.36. The molecule has 1 aliphatic carbocycles. The monoisotopic (exact) mass is 386 g/mol. The van der Waals surface area contributed by atoms with Crippen LogP contribution in [0.15, 0.2) is 67.0 Å². The maximum absolute atomic E-state index is 13.2. The van der Waals surface area contributed by atoms with Crippen LogP contribution in [0, 0.1) is 0 Å². The molecule has 1 saturated heterocycles. The maximum atomic E-state index is 13.2. The lowest BCUT2D eigenvalue weighted by Crippen LogP contribution is -2.52. The SMILES string of the molecule is O=C(Nc1ccc(-n2cccn2)cc1)C1CCCCN1C1Cc2ccccc2C1. The van der Waals surface area contributed by atoms with Crippen LogP contribution in [0.2, 0.25) is 0 Å². The van der Waals surface area contributed by atoms with Crippen molar-refractivity contribution >= 4 is 11.6 Å². The van der Waals surface area contributed by atoms with Gasteiger partial charge in [-0.2, -0.15) is 5.10 Å². The van der Waals surface area contributed by atoms with Gasteiger partial charge in [0.2, 0.25) is 5.91 Å². The topological polar surface area (TPSA) is 50.2 Å². The summed E-state index contributed by atoms with van der Waals surface area (Å²) in [5, 5.41) is 7.39. The zero-order valence-electron chi connectivity index (χ0n) is 16.5. The van der Waals surface area contributed by atoms with Gasteiger partial charge in [0.15, 0.2) is 0 Å². The molecule has 1 N–H and O–H groups in total. The lowest BCUT2D eigenvalue weighted by molar-refractivity contribution is -0.123. The second-order valence-electron chi connectivity index (χ2n) is 8.07. The standard InChI is InChI=1S/C24H26N4O/c29-24(26-20-9-11-21(12-10-20)28-15-5-13-25-28)23-8-3-4-14-27(23)22-16-18-6-1-2-7-19(18)17-22/h1-2,5-7,9-13,15,22-23H,3-4,8,14,16-17H2,(H,26,29). The van der Waals surface area contributed by atoms with Crippen LogP contribution in [0.4, 0.5) is 5.69 Å². The van der Waals surface area contributed by atoms with E-state index >= 15 is 0 Å². The lowest BCUT2D eigenvalue weighted by Gasteiger charge is -2.39. The summed E-state index contributed by atoms with van der Waals surface area (Å²) in [7, 11) is 0. The van der Waals surface area contributed by atoms with Crippen LogP contribution in [-0.4, -0.2) is 39.2 Å². The molecular formula is C24H26N4O. The van der Waals surface area contributed by atoms with Crippen LogP contribution in [0.5, 0.6) is 0 Å². The Labute approximate surface area is 171 Å². The van der Waals surface area contributed by atoms with Crippen molar-refractivity contribution in [2.45, 2.75) is 44.2 Å². The number of rotatable bonds is 4. The molecule has 1 atom stereocenters. The molecule has 1 fully saturated rings. The molecule has 1 amide bonds. The van der Waals surface area contributed by atoms with Gasteiger partial charge in [0.25, 0.3) is 0 Å². The maximum Gasteiger partial charge on any atom is 0.241 e. The van der Waals surface area contributed by atoms with E-state index in [-0.39, 0.29) is 11.9 Å². The largest absolute Gasteiger partial charge is 0.325 e. The van der Waals surface area contributed by atoms with Crippen molar-refractivity contribution in [1.82, 2.24) is 14.7 Å². The van der Waals surface area contributed by atoms with E-state index < -0.39 is 0 Å². The molecule has 0 radical (unpaired) electrons. The predicted octanol–water partition coefficient (Wildman–Crippen LogP) is 3.83. The highest BCUT2D eigenvalue weighted by molar-refractivity contribution is 5.95. The van der Waals surface area contributed by atoms with E-state index in [9.17, 15) is 4.79 Å². The van der Waals surface area contributed by atoms with Crippen molar-refractivity contribution in [2.75, 3.05) is 11.9 Å². The zero-order chi connectivity index (χ0) is 19.6. The Kier molecular flexibility index (Phi) is 4.90. The number of nitrogens with one attached hydrogen (secondary N) is 1. The average Bonchev–Trinajstić information content (AvgIpc) is 3.44. The number of anilines is 1. The molecule has 2 aromatic carbocycles. The Hall–Kier alpha value is -2.92. The number of hydrogen-bond acceptors (Lipinski definition) is 3. The highest BCUT2D eigenvalue weighted by Crippen LogP contribution is 2.30. The summed E-state index contributed by atoms with van der Waals surface area (Å²) >= 11 is 0. The van der Waals surface area contributed by atoms with Crippen molar-refractivity contribution in [1.29, 1.82) is 0 Å². The minimum Gasteiger partial charge on any atom is -0.325 e. The highest BCUT2D eigenvalue weighted by atomic mass is 16.2. The van der Waals surface area contributed by atoms with Crippen LogP contribution in [0.1, 0.15) is 30.4 Å². The van der Waals surface area contributed by atoms with Gasteiger partial charge in [0.05, 0.1) is 11.7 Å². The van der Waals surface area contributed by atoms with Crippen LogP contribution < -0.4 is 5.32 Å². The first-order valence-corrected chi connectivity index (χ1v) is 10.5. The van der Waals surface area contributed by atoms with Crippen molar-refractivity contribution < 1.29 is 4.79 Å². The summed E-state index contributed by atoms with van der Waals surface area (Å²) in [6.45, 7) is 1.01. The fourth-order valence-corrected chi connectivity index (χ4v) is 4.79. The number of carbonyl (C=O) groups is 1. The third kappa shape index (κ3) is 3.70. The molecule has 5 nitrogen and oxygen atoms in total. The van der Waals surface area contributed by atoms with Crippen LogP contribution in [-0.2, 0) is 17.6 Å². The number of likely N-dealkylation sites (tertiary alicyclic amines) is 1. The van der Waals surface area contributed by atoms with Crippen LogP contribution in [0.25, 0.3) is 5.69 Å². The molecule has 29 heavy (non-hydrogen) atoms. The number of nitrogens with zero attached hydrogens (tertiary/aromatic N) is 3. The quantitative estimate of drug-likeness (QED) is 0.741. The van der Waals surface area contributed by atoms with Crippen molar-refractivity contribution in [3.8, 4) is 5.69 Å². The van der Waals surface area contributed by atoms with Crippen molar-refractivity contribution in [3.05, 3.63) is 78.1 Å². The van der Waals surface area contributed by atoms with E-state index in [1.165, 1.54) is 17.5 Å². The van der Waals surface area contributed by atoms with E-state index in [2.05, 4.69) is 39.6 Å². The summed E-state index contributed by atoms with van der Waals surface area (Å²) < 4.78 is 1.81. The molecule has 0 spiro atoms. The number of benzene rings is 2. The van der Waals surface area contributed by atoms with E-state index in [0.717, 1.165) is 43.6 Å². The average molecular weight is 386 g/mol. The summed E-state index contributed by atoms with van der Waals surface area (Å²) in [6.07, 6.45) is 9.00. The van der Waals surface area contributed by atoms with Gasteiger partial charge in [0.1, 0.15) is 0 Å². The van der Waals surface area contributed by atoms with E-state index in [0.29, 0.717) is 6.04 Å². The summed E-state index contributed by atoms with van der Waals surface area (Å²) in [5.74, 6) is 0.118. The fraction of sp³-hybridized carbons (Fsp3) is 0.333. The Balaban J connectivity index is 1.28. The molecular weight excluding hydrogens is 360 g/mol. The number of hydrogen-bond donors (Lipinski definition) is 1. The van der Waals surface area contributed by atoms with Crippen LogP contribution in [0.3, 0.4) is 0 Å². The van der Waals surface area contributed by atoms with Gasteiger partial charge in [-0.05, 0) is 73.7 Å². The van der Waals surface area contributed by atoms with Crippen molar-refractivity contribution in [3.63, 3.8) is 0 Å². The Morgan fingerprint density at radius 1 is 0.966 bits per heavy atom. The molecule has 0 saturated carbocycles. The van der Waals surface area contributed by atoms with Gasteiger partial charge in [-0.25, -0.2) is 4.68 Å². The van der Waals surface area contributed by atoms with E-state index in [1.54, 1.807) is 6.20 Å². The second-order valence-corrected chi connectivity index (χ2v) is 8.07. The molecule has 5 heteroatoms. The molecule has 2 aliphatic rings. The predicted molar refractivity (Wildman–Crippen MR) is 114 cm³/mol. The van der Waals surface area contributed by atoms with Gasteiger partial charge in [-0.3, -0.25) is 9.69 Å². The minimum absolute atomic E-state index is 0.0474. The number of piperidine rings is 1. The Bertz CT molecular complexity index is 955. The smallest absolute Gasteiger partial charge is 0.241 e. The fourth-order valence-electron chi connectivity index (χ4n) is 4.79. The summed E-state index contributed by atoms with van der Waals surface area (Å²) in [5.41, 5.74) is 4.70. The van der Waals surface area contributed by atoms with Crippen LogP contribution >= 0.6 is 0 Å². The Morgan fingerprint density at radius 3 is 2.41 bits per heavy atom. The van der Waals surface area contributed by atoms with Gasteiger partial charge in [0, 0.05) is 24.1 Å². The molecule has 2 heterocycles. The first kappa shape index (κ1) is 18.1. The second kappa shape index (κ2) is 7.84. The van der Waals surface area contributed by atoms with Gasteiger partial charge < -0.3 is 5.32 Å². The third-order valence-electron chi connectivity index (χ3n) is 6.25. The van der Waals surface area contributed by atoms with E-state index in [4.69, 9.17) is 0 Å². The normalized spacial score (nSPS) is 19.8. The molecule has 148 valence electrons. The first-order chi connectivity index (χ1) is 14.3. The lowest BCUT2D eigenvalue weighted by atomic mass is 9.97. The summed E-state index contributed by atoms with van der Waals surface area (Å²) in [6, 6.07) is 18.9.